The van der Waals surface area contributed by atoms with Crippen LogP contribution in [0.3, 0.4) is 0 Å². The van der Waals surface area contributed by atoms with Gasteiger partial charge in [0.15, 0.2) is 23.6 Å². The Kier molecular flexibility index (Phi) is 10.9. The van der Waals surface area contributed by atoms with Gasteiger partial charge in [-0.15, -0.1) is 0 Å². The Morgan fingerprint density at radius 2 is 1.30 bits per heavy atom. The second-order valence-electron chi connectivity index (χ2n) is 14.0. The number of aromatic hydroxyl groups is 1. The first-order valence-electron chi connectivity index (χ1n) is 15.9. The summed E-state index contributed by atoms with van der Waals surface area (Å²) in [5.74, 6) is 1.13. The molecule has 3 aromatic carbocycles. The molecule has 0 aliphatic heterocycles. The quantitative estimate of drug-likeness (QED) is 0.122. The van der Waals surface area contributed by atoms with Gasteiger partial charge in [0.05, 0.1) is 17.8 Å². The molecule has 0 spiro atoms. The van der Waals surface area contributed by atoms with Crippen LogP contribution in [-0.2, 0) is 14.3 Å². The highest BCUT2D eigenvalue weighted by atomic mass is 16.6. The number of phenols is 1. The van der Waals surface area contributed by atoms with Crippen molar-refractivity contribution in [3.05, 3.63) is 89.5 Å². The number of ether oxygens (including phenoxy) is 3. The van der Waals surface area contributed by atoms with Crippen LogP contribution in [0.1, 0.15) is 63.3 Å². The first-order chi connectivity index (χ1) is 22.0. The van der Waals surface area contributed by atoms with Crippen LogP contribution in [0.4, 0.5) is 0 Å². The lowest BCUT2D eigenvalue weighted by Crippen LogP contribution is -2.37. The van der Waals surface area contributed by atoms with Crippen molar-refractivity contribution in [3.63, 3.8) is 0 Å². The van der Waals surface area contributed by atoms with Crippen molar-refractivity contribution >= 4 is 5.97 Å². The standard InChI is InChI=1S/C39H47N3O5/c1-11-34(44)47-29(22-46-39(9,10)23-38(6,7)8)21-45-28-14-17-32(33(43)20-28)37-41-35(30-15-12-24(2)18-26(30)4)40-36(42-37)31-16-13-25(3)19-27(31)5/h11-20,29,43H,1,21-23H2,2-10H3. The highest BCUT2D eigenvalue weighted by Crippen LogP contribution is 2.34. The summed E-state index contributed by atoms with van der Waals surface area (Å²) in [4.78, 5) is 26.6. The van der Waals surface area contributed by atoms with Gasteiger partial charge in [0.25, 0.3) is 0 Å². The third-order valence-electron chi connectivity index (χ3n) is 7.59. The number of hydrogen-bond donors (Lipinski definition) is 1. The maximum atomic E-state index is 12.1. The average Bonchev–Trinajstić information content (AvgIpc) is 2.97. The van der Waals surface area contributed by atoms with Gasteiger partial charge in [-0.3, -0.25) is 0 Å². The Morgan fingerprint density at radius 3 is 1.77 bits per heavy atom. The van der Waals surface area contributed by atoms with Gasteiger partial charge in [-0.05, 0) is 76.6 Å². The van der Waals surface area contributed by atoms with Gasteiger partial charge in [-0.2, -0.15) is 0 Å². The Labute approximate surface area is 278 Å². The van der Waals surface area contributed by atoms with Crippen LogP contribution < -0.4 is 4.74 Å². The van der Waals surface area contributed by atoms with Crippen LogP contribution in [0.25, 0.3) is 34.2 Å². The fraction of sp³-hybridized carbons (Fsp3) is 0.385. The number of carbonyl (C=O) groups is 1. The molecule has 1 atom stereocenters. The fourth-order valence-corrected chi connectivity index (χ4v) is 5.82. The Balaban J connectivity index is 1.63. The summed E-state index contributed by atoms with van der Waals surface area (Å²) >= 11 is 0. The number of esters is 1. The van der Waals surface area contributed by atoms with E-state index in [9.17, 15) is 9.90 Å². The Morgan fingerprint density at radius 1 is 0.787 bits per heavy atom. The zero-order valence-corrected chi connectivity index (χ0v) is 29.1. The summed E-state index contributed by atoms with van der Waals surface area (Å²) in [5.41, 5.74) is 6.19. The molecule has 1 unspecified atom stereocenters. The lowest BCUT2D eigenvalue weighted by Gasteiger charge is -2.33. The molecular weight excluding hydrogens is 590 g/mol. The number of aromatic nitrogens is 3. The first-order valence-corrected chi connectivity index (χ1v) is 15.9. The van der Waals surface area contributed by atoms with Gasteiger partial charge in [0, 0.05) is 23.3 Å². The zero-order valence-electron chi connectivity index (χ0n) is 29.1. The minimum atomic E-state index is -0.689. The molecule has 4 rings (SSSR count). The van der Waals surface area contributed by atoms with Gasteiger partial charge in [0.1, 0.15) is 18.1 Å². The van der Waals surface area contributed by atoms with E-state index in [4.69, 9.17) is 29.2 Å². The molecule has 8 nitrogen and oxygen atoms in total. The van der Waals surface area contributed by atoms with Crippen LogP contribution in [0.5, 0.6) is 11.5 Å². The molecule has 1 aromatic heterocycles. The number of aryl methyl sites for hydroxylation is 4. The molecule has 0 aliphatic rings. The predicted octanol–water partition coefficient (Wildman–Crippen LogP) is 8.52. The SMILES string of the molecule is C=CC(=O)OC(COc1ccc(-c2nc(-c3ccc(C)cc3C)nc(-c3ccc(C)cc3C)n2)c(O)c1)COC(C)(C)CC(C)(C)C. The number of hydrogen-bond acceptors (Lipinski definition) is 8. The van der Waals surface area contributed by atoms with E-state index in [1.165, 1.54) is 6.07 Å². The van der Waals surface area contributed by atoms with E-state index < -0.39 is 17.7 Å². The number of phenolic OH excluding ortho intramolecular Hbond substituents is 1. The first kappa shape index (κ1) is 35.3. The Bertz CT molecular complexity index is 1690. The third kappa shape index (κ3) is 9.72. The van der Waals surface area contributed by atoms with E-state index in [0.29, 0.717) is 28.8 Å². The molecule has 8 heteroatoms. The van der Waals surface area contributed by atoms with E-state index in [0.717, 1.165) is 45.9 Å². The van der Waals surface area contributed by atoms with Crippen molar-refractivity contribution in [1.29, 1.82) is 0 Å². The molecule has 1 N–H and O–H groups in total. The third-order valence-corrected chi connectivity index (χ3v) is 7.59. The van der Waals surface area contributed by atoms with Gasteiger partial charge in [-0.25, -0.2) is 19.7 Å². The lowest BCUT2D eigenvalue weighted by atomic mass is 9.83. The minimum absolute atomic E-state index is 0.0173. The Hall–Kier alpha value is -4.56. The summed E-state index contributed by atoms with van der Waals surface area (Å²) in [6.07, 6.45) is 1.23. The van der Waals surface area contributed by atoms with Crippen molar-refractivity contribution in [2.45, 2.75) is 80.4 Å². The summed E-state index contributed by atoms with van der Waals surface area (Å²) in [5, 5.41) is 11.2. The fourth-order valence-electron chi connectivity index (χ4n) is 5.82. The largest absolute Gasteiger partial charge is 0.507 e. The molecule has 248 valence electrons. The second kappa shape index (κ2) is 14.5. The number of rotatable bonds is 12. The van der Waals surface area contributed by atoms with Crippen LogP contribution in [0.2, 0.25) is 0 Å². The number of carbonyl (C=O) groups excluding carboxylic acids is 1. The topological polar surface area (TPSA) is 104 Å². The molecule has 0 bridgehead atoms. The monoisotopic (exact) mass is 637 g/mol. The maximum Gasteiger partial charge on any atom is 0.330 e. The molecule has 4 aromatic rings. The number of nitrogens with zero attached hydrogens (tertiary/aromatic N) is 3. The molecule has 1 heterocycles. The maximum absolute atomic E-state index is 12.1. The molecule has 0 amide bonds. The number of benzene rings is 3. The average molecular weight is 638 g/mol. The molecule has 0 radical (unpaired) electrons. The summed E-state index contributed by atoms with van der Waals surface area (Å²) in [7, 11) is 0. The summed E-state index contributed by atoms with van der Waals surface area (Å²) in [6, 6.07) is 17.2. The molecule has 0 aliphatic carbocycles. The van der Waals surface area contributed by atoms with E-state index in [1.54, 1.807) is 12.1 Å². The molecule has 0 saturated carbocycles. The van der Waals surface area contributed by atoms with E-state index in [-0.39, 0.29) is 24.4 Å². The van der Waals surface area contributed by atoms with Crippen molar-refractivity contribution in [2.75, 3.05) is 13.2 Å². The smallest absolute Gasteiger partial charge is 0.330 e. The summed E-state index contributed by atoms with van der Waals surface area (Å²) < 4.78 is 17.7. The highest BCUT2D eigenvalue weighted by molar-refractivity contribution is 5.81. The highest BCUT2D eigenvalue weighted by Gasteiger charge is 2.28. The van der Waals surface area contributed by atoms with Crippen molar-refractivity contribution in [2.24, 2.45) is 5.41 Å². The van der Waals surface area contributed by atoms with Crippen molar-refractivity contribution in [1.82, 2.24) is 15.0 Å². The van der Waals surface area contributed by atoms with Gasteiger partial charge in [-0.1, -0.05) is 74.9 Å². The van der Waals surface area contributed by atoms with E-state index in [2.05, 4.69) is 39.5 Å². The zero-order chi connectivity index (χ0) is 34.5. The van der Waals surface area contributed by atoms with Gasteiger partial charge >= 0.3 is 5.97 Å². The molecule has 47 heavy (non-hydrogen) atoms. The normalized spacial score (nSPS) is 12.4. The van der Waals surface area contributed by atoms with Crippen molar-refractivity contribution < 1.29 is 24.1 Å². The van der Waals surface area contributed by atoms with Crippen LogP contribution >= 0.6 is 0 Å². The second-order valence-corrected chi connectivity index (χ2v) is 14.0. The minimum Gasteiger partial charge on any atom is -0.507 e. The molecule has 0 fully saturated rings. The van der Waals surface area contributed by atoms with Crippen LogP contribution in [0.15, 0.2) is 67.3 Å². The van der Waals surface area contributed by atoms with Crippen molar-refractivity contribution in [3.8, 4) is 45.7 Å². The van der Waals surface area contributed by atoms with Crippen LogP contribution in [-0.4, -0.2) is 50.9 Å². The molecule has 0 saturated heterocycles. The molecular formula is C39H47N3O5. The van der Waals surface area contributed by atoms with Gasteiger partial charge < -0.3 is 19.3 Å². The van der Waals surface area contributed by atoms with E-state index in [1.807, 2.05) is 65.8 Å². The van der Waals surface area contributed by atoms with E-state index >= 15 is 0 Å². The predicted molar refractivity (Wildman–Crippen MR) is 186 cm³/mol. The van der Waals surface area contributed by atoms with Gasteiger partial charge in [0.2, 0.25) is 0 Å². The van der Waals surface area contributed by atoms with Crippen LogP contribution in [0, 0.1) is 33.1 Å². The summed E-state index contributed by atoms with van der Waals surface area (Å²) in [6.45, 7) is 22.3. The lowest BCUT2D eigenvalue weighted by molar-refractivity contribution is -0.153.